The number of piperidine rings is 1. The molecule has 1 fully saturated rings. The molecule has 2 heterocycles. The number of rotatable bonds is 7. The lowest BCUT2D eigenvalue weighted by atomic mass is 10.0. The summed E-state index contributed by atoms with van der Waals surface area (Å²) >= 11 is 0. The summed E-state index contributed by atoms with van der Waals surface area (Å²) in [6, 6.07) is 10.4. The first-order valence-corrected chi connectivity index (χ1v) is 11.6. The van der Waals surface area contributed by atoms with E-state index in [1.54, 1.807) is 34.6 Å². The summed E-state index contributed by atoms with van der Waals surface area (Å²) < 4.78 is 5.48. The highest BCUT2D eigenvalue weighted by Crippen LogP contribution is 2.24. The maximum absolute atomic E-state index is 12.8. The van der Waals surface area contributed by atoms with Crippen molar-refractivity contribution in [3.63, 3.8) is 0 Å². The van der Waals surface area contributed by atoms with Gasteiger partial charge in [-0.1, -0.05) is 30.3 Å². The molecule has 34 heavy (non-hydrogen) atoms. The number of amides is 2. The molecule has 1 N–H and O–H groups in total. The first-order chi connectivity index (χ1) is 16.1. The first kappa shape index (κ1) is 25.6. The summed E-state index contributed by atoms with van der Waals surface area (Å²) in [5.74, 6) is -0.290. The second-order valence-electron chi connectivity index (χ2n) is 9.54. The van der Waals surface area contributed by atoms with Crippen LogP contribution in [0.2, 0.25) is 0 Å². The van der Waals surface area contributed by atoms with Crippen molar-refractivity contribution in [2.24, 2.45) is 0 Å². The maximum atomic E-state index is 12.8. The average molecular weight is 470 g/mol. The third kappa shape index (κ3) is 7.50. The molecule has 1 aliphatic heterocycles. The zero-order valence-electron chi connectivity index (χ0n) is 20.7. The average Bonchev–Trinajstić information content (AvgIpc) is 2.76. The smallest absolute Gasteiger partial charge is 0.439 e. The molecule has 0 aliphatic carbocycles. The second kappa shape index (κ2) is 11.4. The van der Waals surface area contributed by atoms with Gasteiger partial charge in [0, 0.05) is 25.7 Å². The normalized spacial score (nSPS) is 15.1. The van der Waals surface area contributed by atoms with Crippen molar-refractivity contribution >= 4 is 17.7 Å². The van der Waals surface area contributed by atoms with E-state index in [1.165, 1.54) is 11.9 Å². The van der Waals surface area contributed by atoms with Crippen molar-refractivity contribution in [1.29, 1.82) is 0 Å². The van der Waals surface area contributed by atoms with Crippen LogP contribution in [0.1, 0.15) is 50.6 Å². The number of anilines is 1. The number of hydrogen-bond donors (Lipinski definition) is 1. The van der Waals surface area contributed by atoms with Gasteiger partial charge in [-0.15, -0.1) is 5.06 Å². The van der Waals surface area contributed by atoms with Gasteiger partial charge in [-0.2, -0.15) is 0 Å². The van der Waals surface area contributed by atoms with E-state index in [0.717, 1.165) is 37.5 Å². The van der Waals surface area contributed by atoms with Crippen LogP contribution in [-0.2, 0) is 20.9 Å². The van der Waals surface area contributed by atoms with Gasteiger partial charge in [0.25, 0.3) is 0 Å². The lowest BCUT2D eigenvalue weighted by Gasteiger charge is -2.32. The van der Waals surface area contributed by atoms with Crippen LogP contribution in [0.5, 0.6) is 0 Å². The topological polar surface area (TPSA) is 96.9 Å². The second-order valence-corrected chi connectivity index (χ2v) is 9.54. The Morgan fingerprint density at radius 1 is 1.09 bits per heavy atom. The van der Waals surface area contributed by atoms with Crippen LogP contribution in [0.25, 0.3) is 0 Å². The molecule has 0 saturated carbocycles. The molecule has 0 unspecified atom stereocenters. The Bertz CT molecular complexity index is 949. The first-order valence-electron chi connectivity index (χ1n) is 11.6. The fourth-order valence-electron chi connectivity index (χ4n) is 3.86. The summed E-state index contributed by atoms with van der Waals surface area (Å²) in [6.07, 6.45) is 2.41. The predicted octanol–water partition coefficient (Wildman–Crippen LogP) is 3.55. The molecule has 0 radical (unpaired) electrons. The van der Waals surface area contributed by atoms with Crippen LogP contribution >= 0.6 is 0 Å². The summed E-state index contributed by atoms with van der Waals surface area (Å²) in [7, 11) is 0. The van der Waals surface area contributed by atoms with E-state index in [-0.39, 0.29) is 18.6 Å². The predicted molar refractivity (Wildman–Crippen MR) is 129 cm³/mol. The summed E-state index contributed by atoms with van der Waals surface area (Å²) in [5, 5.41) is 4.01. The van der Waals surface area contributed by atoms with E-state index in [2.05, 4.69) is 32.3 Å². The van der Waals surface area contributed by atoms with Crippen LogP contribution in [-0.4, -0.2) is 58.2 Å². The van der Waals surface area contributed by atoms with E-state index in [0.29, 0.717) is 17.1 Å². The monoisotopic (exact) mass is 469 g/mol. The number of hydroxylamine groups is 1. The Hall–Kier alpha value is -3.04. The van der Waals surface area contributed by atoms with E-state index < -0.39 is 11.7 Å². The SMILES string of the molecule is Cc1ncnc(C)c1N(OCC(=O)NC1CCN(Cc2ccccc2)CC1)C(=O)OC(C)(C)C. The summed E-state index contributed by atoms with van der Waals surface area (Å²) in [5.41, 5.74) is 2.02. The molecule has 2 aromatic rings. The standard InChI is InChI=1S/C25H35N5O4/c1-18-23(19(2)27-17-26-18)30(24(32)34-25(3,4)5)33-16-22(31)28-21-11-13-29(14-12-21)15-20-9-7-6-8-10-20/h6-10,17,21H,11-16H2,1-5H3,(H,28,31). The van der Waals surface area contributed by atoms with E-state index >= 15 is 0 Å². The van der Waals surface area contributed by atoms with Gasteiger partial charge in [0.2, 0.25) is 5.91 Å². The van der Waals surface area contributed by atoms with Crippen LogP contribution < -0.4 is 10.4 Å². The van der Waals surface area contributed by atoms with Gasteiger partial charge in [-0.3, -0.25) is 14.5 Å². The molecule has 1 aromatic carbocycles. The van der Waals surface area contributed by atoms with E-state index in [4.69, 9.17) is 9.57 Å². The number of hydrogen-bond acceptors (Lipinski definition) is 7. The zero-order chi connectivity index (χ0) is 24.7. The van der Waals surface area contributed by atoms with Gasteiger partial charge >= 0.3 is 6.09 Å². The molecular weight excluding hydrogens is 434 g/mol. The molecule has 0 spiro atoms. The Labute approximate surface area is 201 Å². The van der Waals surface area contributed by atoms with Gasteiger partial charge in [0.05, 0.1) is 11.4 Å². The Morgan fingerprint density at radius 2 is 1.71 bits per heavy atom. The zero-order valence-corrected chi connectivity index (χ0v) is 20.7. The molecule has 2 amide bonds. The van der Waals surface area contributed by atoms with Gasteiger partial charge in [0.1, 0.15) is 17.6 Å². The lowest BCUT2D eigenvalue weighted by Crippen LogP contribution is -2.46. The fourth-order valence-corrected chi connectivity index (χ4v) is 3.86. The molecule has 9 nitrogen and oxygen atoms in total. The van der Waals surface area contributed by atoms with Crippen molar-refractivity contribution in [2.75, 3.05) is 24.8 Å². The molecule has 3 rings (SSSR count). The molecule has 9 heteroatoms. The minimum Gasteiger partial charge on any atom is -0.442 e. The number of carbonyl (C=O) groups excluding carboxylic acids is 2. The third-order valence-corrected chi connectivity index (χ3v) is 5.48. The third-order valence-electron chi connectivity index (χ3n) is 5.48. The molecule has 184 valence electrons. The molecular formula is C25H35N5O4. The maximum Gasteiger partial charge on any atom is 0.439 e. The highest BCUT2D eigenvalue weighted by Gasteiger charge is 2.29. The van der Waals surface area contributed by atoms with Crippen molar-refractivity contribution in [1.82, 2.24) is 20.2 Å². The molecule has 0 bridgehead atoms. The quantitative estimate of drug-likeness (QED) is 0.620. The molecule has 1 aliphatic rings. The number of carbonyl (C=O) groups is 2. The number of aromatic nitrogens is 2. The minimum atomic E-state index is -0.730. The van der Waals surface area contributed by atoms with Crippen LogP contribution in [0.15, 0.2) is 36.7 Å². The molecule has 1 saturated heterocycles. The number of nitrogens with zero attached hydrogens (tertiary/aromatic N) is 4. The Kier molecular flexibility index (Phi) is 8.57. The Morgan fingerprint density at radius 3 is 2.29 bits per heavy atom. The number of aryl methyl sites for hydroxylation is 2. The van der Waals surface area contributed by atoms with Gasteiger partial charge < -0.3 is 10.1 Å². The Balaban J connectivity index is 1.55. The largest absolute Gasteiger partial charge is 0.442 e. The van der Waals surface area contributed by atoms with Crippen molar-refractivity contribution in [2.45, 2.75) is 65.6 Å². The van der Waals surface area contributed by atoms with Gasteiger partial charge in [-0.25, -0.2) is 14.8 Å². The van der Waals surface area contributed by atoms with Gasteiger partial charge in [0.15, 0.2) is 6.61 Å². The van der Waals surface area contributed by atoms with Gasteiger partial charge in [-0.05, 0) is 53.0 Å². The summed E-state index contributed by atoms with van der Waals surface area (Å²) in [6.45, 7) is 11.2. The van der Waals surface area contributed by atoms with E-state index in [1.807, 2.05) is 18.2 Å². The van der Waals surface area contributed by atoms with Crippen LogP contribution in [0.3, 0.4) is 0 Å². The number of ether oxygens (including phenoxy) is 1. The van der Waals surface area contributed by atoms with Crippen LogP contribution in [0, 0.1) is 13.8 Å². The van der Waals surface area contributed by atoms with E-state index in [9.17, 15) is 9.59 Å². The summed E-state index contributed by atoms with van der Waals surface area (Å²) in [4.78, 5) is 41.8. The number of likely N-dealkylation sites (tertiary alicyclic amines) is 1. The number of nitrogens with one attached hydrogen (secondary N) is 1. The number of benzene rings is 1. The highest BCUT2D eigenvalue weighted by atomic mass is 16.7. The van der Waals surface area contributed by atoms with Crippen molar-refractivity contribution in [3.8, 4) is 0 Å². The van der Waals surface area contributed by atoms with Crippen molar-refractivity contribution < 1.29 is 19.2 Å². The van der Waals surface area contributed by atoms with Crippen LogP contribution in [0.4, 0.5) is 10.5 Å². The lowest BCUT2D eigenvalue weighted by molar-refractivity contribution is -0.127. The molecule has 0 atom stereocenters. The minimum absolute atomic E-state index is 0.0710. The molecule has 1 aromatic heterocycles. The highest BCUT2D eigenvalue weighted by molar-refractivity contribution is 5.87. The fraction of sp³-hybridized carbons (Fsp3) is 0.520. The van der Waals surface area contributed by atoms with Crippen molar-refractivity contribution in [3.05, 3.63) is 53.6 Å².